The molecule has 8 N–H and O–H groups in total. The number of benzene rings is 2. The van der Waals surface area contributed by atoms with E-state index in [1.54, 1.807) is 18.2 Å². The third-order valence-corrected chi connectivity index (χ3v) is 6.69. The van der Waals surface area contributed by atoms with Crippen LogP contribution in [0.4, 0.5) is 4.39 Å². The molecule has 3 atom stereocenters. The molecule has 0 amide bonds. The first-order valence-electron chi connectivity index (χ1n) is 13.6. The second-order valence-corrected chi connectivity index (χ2v) is 10.4. The van der Waals surface area contributed by atoms with E-state index in [1.165, 1.54) is 12.1 Å². The number of nitrogens with one attached hydrogen (secondary N) is 1. The Kier molecular flexibility index (Phi) is 11.1. The number of hydrogen-bond donors (Lipinski definition) is 6. The number of aliphatic hydroxyl groups excluding tert-OH is 2. The molecule has 3 rings (SSSR count). The molecule has 3 aromatic rings. The summed E-state index contributed by atoms with van der Waals surface area (Å²) in [6.07, 6.45) is 2.33. The number of aliphatic hydroxyl groups is 2. The highest BCUT2D eigenvalue weighted by molar-refractivity contribution is 6.01. The lowest BCUT2D eigenvalue weighted by atomic mass is 10.0. The average Bonchev–Trinajstić information content (AvgIpc) is 3.23. The highest BCUT2D eigenvalue weighted by Crippen LogP contribution is 2.38. The van der Waals surface area contributed by atoms with Crippen LogP contribution in [0.15, 0.2) is 71.9 Å². The van der Waals surface area contributed by atoms with Crippen molar-refractivity contribution in [2.45, 2.75) is 63.8 Å². The Morgan fingerprint density at radius 2 is 1.83 bits per heavy atom. The van der Waals surface area contributed by atoms with Gasteiger partial charge >= 0.3 is 5.97 Å². The maximum absolute atomic E-state index is 13.7. The van der Waals surface area contributed by atoms with Crippen LogP contribution in [0.1, 0.15) is 51.3 Å². The molecule has 0 radical (unpaired) electrons. The summed E-state index contributed by atoms with van der Waals surface area (Å²) in [5, 5.41) is 34.7. The van der Waals surface area contributed by atoms with E-state index in [-0.39, 0.29) is 37.1 Å². The zero-order valence-electron chi connectivity index (χ0n) is 23.5. The fraction of sp³-hybridized carbons (Fsp3) is 0.355. The lowest BCUT2D eigenvalue weighted by molar-refractivity contribution is -0.139. The Morgan fingerprint density at radius 3 is 2.46 bits per heavy atom. The Morgan fingerprint density at radius 1 is 1.15 bits per heavy atom. The molecule has 220 valence electrons. The average molecular weight is 566 g/mol. The first-order valence-corrected chi connectivity index (χ1v) is 13.6. The minimum atomic E-state index is -1.05. The topological polar surface area (TPSA) is 159 Å². The van der Waals surface area contributed by atoms with Gasteiger partial charge in [0.1, 0.15) is 11.9 Å². The number of halogens is 1. The number of nitrogens with zero attached hydrogens (tertiary/aromatic N) is 2. The second kappa shape index (κ2) is 14.5. The Labute approximate surface area is 239 Å². The fourth-order valence-corrected chi connectivity index (χ4v) is 4.92. The minimum absolute atomic E-state index is 0.0210. The largest absolute Gasteiger partial charge is 0.480 e. The van der Waals surface area contributed by atoms with E-state index in [9.17, 15) is 24.5 Å². The number of carboxylic acids is 1. The molecule has 0 aliphatic rings. The van der Waals surface area contributed by atoms with Crippen molar-refractivity contribution < 1.29 is 24.5 Å². The number of aliphatic imine (C=N–C) groups is 1. The van der Waals surface area contributed by atoms with E-state index in [1.807, 2.05) is 30.3 Å². The van der Waals surface area contributed by atoms with Crippen LogP contribution in [0, 0.1) is 5.82 Å². The molecule has 2 aromatic carbocycles. The molecule has 0 fully saturated rings. The first kappa shape index (κ1) is 31.4. The van der Waals surface area contributed by atoms with Gasteiger partial charge in [0.05, 0.1) is 12.2 Å². The van der Waals surface area contributed by atoms with Gasteiger partial charge in [-0.1, -0.05) is 43.0 Å². The van der Waals surface area contributed by atoms with Gasteiger partial charge in [0.15, 0.2) is 5.96 Å². The summed E-state index contributed by atoms with van der Waals surface area (Å²) in [7, 11) is 0. The molecule has 0 bridgehead atoms. The van der Waals surface area contributed by atoms with Gasteiger partial charge in [0.25, 0.3) is 0 Å². The SMILES string of the molecule is C=C(C[C@@H](O)C[C@@H](O)/C=C/c1c(-c2ccc(F)cc2)c2ccccc2n1C(C)C)NC(CCCN=C(N)N)C(=O)O. The fourth-order valence-electron chi connectivity index (χ4n) is 4.92. The number of para-hydroxylation sites is 1. The lowest BCUT2D eigenvalue weighted by Gasteiger charge is -2.20. The van der Waals surface area contributed by atoms with Crippen molar-refractivity contribution in [2.24, 2.45) is 16.5 Å². The van der Waals surface area contributed by atoms with Gasteiger partial charge in [0.2, 0.25) is 0 Å². The lowest BCUT2D eigenvalue weighted by Crippen LogP contribution is -2.37. The molecular formula is C31H40FN5O4. The van der Waals surface area contributed by atoms with Crippen LogP contribution in [0.25, 0.3) is 28.1 Å². The van der Waals surface area contributed by atoms with Crippen molar-refractivity contribution in [2.75, 3.05) is 6.54 Å². The molecule has 0 aliphatic carbocycles. The number of carbonyl (C=O) groups is 1. The molecule has 41 heavy (non-hydrogen) atoms. The van der Waals surface area contributed by atoms with Crippen molar-refractivity contribution in [1.29, 1.82) is 0 Å². The van der Waals surface area contributed by atoms with Gasteiger partial charge in [-0.3, -0.25) is 4.99 Å². The van der Waals surface area contributed by atoms with Crippen LogP contribution in [-0.2, 0) is 4.79 Å². The first-order chi connectivity index (χ1) is 19.5. The Hall–Kier alpha value is -4.15. The maximum Gasteiger partial charge on any atom is 0.326 e. The van der Waals surface area contributed by atoms with Gasteiger partial charge in [-0.15, -0.1) is 0 Å². The smallest absolute Gasteiger partial charge is 0.326 e. The summed E-state index contributed by atoms with van der Waals surface area (Å²) in [5.74, 6) is -1.42. The van der Waals surface area contributed by atoms with E-state index in [4.69, 9.17) is 11.5 Å². The van der Waals surface area contributed by atoms with E-state index < -0.39 is 24.2 Å². The summed E-state index contributed by atoms with van der Waals surface area (Å²) in [5.41, 5.74) is 14.6. The number of guanidine groups is 1. The van der Waals surface area contributed by atoms with Crippen molar-refractivity contribution in [3.05, 3.63) is 78.4 Å². The minimum Gasteiger partial charge on any atom is -0.480 e. The van der Waals surface area contributed by atoms with Crippen LogP contribution in [0.2, 0.25) is 0 Å². The maximum atomic E-state index is 13.7. The zero-order chi connectivity index (χ0) is 30.1. The van der Waals surface area contributed by atoms with Gasteiger partial charge < -0.3 is 36.7 Å². The molecule has 0 saturated heterocycles. The molecule has 0 aliphatic heterocycles. The number of hydrogen-bond acceptors (Lipinski definition) is 5. The van der Waals surface area contributed by atoms with Crippen molar-refractivity contribution in [1.82, 2.24) is 9.88 Å². The molecule has 0 saturated carbocycles. The molecule has 1 heterocycles. The molecule has 10 heteroatoms. The van der Waals surface area contributed by atoms with Crippen LogP contribution < -0.4 is 16.8 Å². The van der Waals surface area contributed by atoms with Gasteiger partial charge in [0, 0.05) is 53.3 Å². The quantitative estimate of drug-likeness (QED) is 0.0917. The number of aromatic nitrogens is 1. The summed E-state index contributed by atoms with van der Waals surface area (Å²) in [6.45, 7) is 8.30. The summed E-state index contributed by atoms with van der Waals surface area (Å²) in [4.78, 5) is 15.5. The molecular weight excluding hydrogens is 525 g/mol. The summed E-state index contributed by atoms with van der Waals surface area (Å²) >= 11 is 0. The predicted octanol–water partition coefficient (Wildman–Crippen LogP) is 4.15. The van der Waals surface area contributed by atoms with Crippen LogP contribution in [-0.4, -0.2) is 56.6 Å². The van der Waals surface area contributed by atoms with E-state index >= 15 is 0 Å². The van der Waals surface area contributed by atoms with Gasteiger partial charge in [-0.25, -0.2) is 9.18 Å². The van der Waals surface area contributed by atoms with Crippen LogP contribution in [0.5, 0.6) is 0 Å². The van der Waals surface area contributed by atoms with Crippen LogP contribution in [0.3, 0.4) is 0 Å². The standard InChI is InChI=1S/C31H40FN5O4/c1-19(2)37-27-9-5-4-7-25(27)29(21-10-12-22(32)13-11-21)28(37)15-14-23(38)18-24(39)17-20(3)36-26(30(40)41)8-6-16-35-31(33)34/h4-5,7,9-15,19,23-24,26,36,38-39H,3,6,8,16-18H2,1-2H3,(H,40,41)(H4,33,34,35)/b15-14+/t23-,24+,26?/m0/s1. The van der Waals surface area contributed by atoms with Gasteiger partial charge in [-0.2, -0.15) is 0 Å². The Balaban J connectivity index is 1.72. The predicted molar refractivity (Wildman–Crippen MR) is 162 cm³/mol. The van der Waals surface area contributed by atoms with E-state index in [0.717, 1.165) is 27.7 Å². The monoisotopic (exact) mass is 565 g/mol. The second-order valence-electron chi connectivity index (χ2n) is 10.4. The third kappa shape index (κ3) is 8.67. The van der Waals surface area contributed by atoms with Crippen molar-refractivity contribution in [3.8, 4) is 11.1 Å². The van der Waals surface area contributed by atoms with E-state index in [0.29, 0.717) is 18.7 Å². The molecule has 9 nitrogen and oxygen atoms in total. The zero-order valence-corrected chi connectivity index (χ0v) is 23.5. The van der Waals surface area contributed by atoms with Crippen molar-refractivity contribution >= 4 is 28.9 Å². The highest BCUT2D eigenvalue weighted by atomic mass is 19.1. The van der Waals surface area contributed by atoms with Gasteiger partial charge in [-0.05, 0) is 56.5 Å². The number of fused-ring (bicyclic) bond motifs is 1. The van der Waals surface area contributed by atoms with Crippen LogP contribution >= 0.6 is 0 Å². The number of nitrogens with two attached hydrogens (primary N) is 2. The normalized spacial score (nSPS) is 13.8. The molecule has 0 spiro atoms. The van der Waals surface area contributed by atoms with E-state index in [2.05, 4.69) is 35.3 Å². The highest BCUT2D eigenvalue weighted by Gasteiger charge is 2.21. The Bertz CT molecular complexity index is 1390. The number of carboxylic acid groups (broad SMARTS) is 1. The summed E-state index contributed by atoms with van der Waals surface area (Å²) < 4.78 is 15.9. The third-order valence-electron chi connectivity index (χ3n) is 6.69. The van der Waals surface area contributed by atoms with Crippen molar-refractivity contribution in [3.63, 3.8) is 0 Å². The summed E-state index contributed by atoms with van der Waals surface area (Å²) in [6, 6.07) is 13.5. The molecule has 1 unspecified atom stereocenters. The number of rotatable bonds is 15. The molecule has 1 aromatic heterocycles. The number of aliphatic carboxylic acids is 1.